The lowest BCUT2D eigenvalue weighted by molar-refractivity contribution is 0.588. The molecule has 0 saturated heterocycles. The van der Waals surface area contributed by atoms with Gasteiger partial charge in [-0.15, -0.1) is 24.0 Å². The molecule has 2 aromatic rings. The number of rotatable bonds is 9. The molecule has 0 atom stereocenters. The van der Waals surface area contributed by atoms with Crippen LogP contribution in [0.1, 0.15) is 30.7 Å². The van der Waals surface area contributed by atoms with Crippen molar-refractivity contribution in [3.05, 3.63) is 52.0 Å². The van der Waals surface area contributed by atoms with Crippen LogP contribution in [-0.4, -0.2) is 35.6 Å². The Morgan fingerprint density at radius 1 is 1.15 bits per heavy atom. The molecule has 1 aromatic carbocycles. The second-order valence-electron chi connectivity index (χ2n) is 6.14. The minimum Gasteiger partial charge on any atom is -0.356 e. The number of nitrogens with one attached hydrogen (secondary N) is 2. The Balaban J connectivity index is 0.00000364. The number of nitrogens with zero attached hydrogens (tertiary/aromatic N) is 3. The highest BCUT2D eigenvalue weighted by Crippen LogP contribution is 2.21. The van der Waals surface area contributed by atoms with E-state index in [1.54, 1.807) is 13.1 Å². The van der Waals surface area contributed by atoms with Crippen LogP contribution >= 0.6 is 47.2 Å². The van der Waals surface area contributed by atoms with Gasteiger partial charge in [-0.3, -0.25) is 4.99 Å². The minimum absolute atomic E-state index is 0. The van der Waals surface area contributed by atoms with Crippen molar-refractivity contribution in [3.63, 3.8) is 0 Å². The first-order chi connectivity index (χ1) is 12.6. The van der Waals surface area contributed by atoms with Gasteiger partial charge in [0.25, 0.3) is 0 Å². The number of unbranched alkanes of at least 4 members (excludes halogenated alkanes) is 1. The van der Waals surface area contributed by atoms with Gasteiger partial charge in [0.1, 0.15) is 5.82 Å². The van der Waals surface area contributed by atoms with Crippen molar-refractivity contribution in [2.75, 3.05) is 20.1 Å². The van der Waals surface area contributed by atoms with E-state index in [0.29, 0.717) is 5.02 Å². The molecule has 5 nitrogen and oxygen atoms in total. The first-order valence-corrected chi connectivity index (χ1v) is 9.72. The summed E-state index contributed by atoms with van der Waals surface area (Å²) in [6.45, 7) is 4.77. The summed E-state index contributed by atoms with van der Waals surface area (Å²) in [5, 5.41) is 8.09. The van der Waals surface area contributed by atoms with Gasteiger partial charge in [-0.25, -0.2) is 4.98 Å². The van der Waals surface area contributed by atoms with Crippen LogP contribution in [0.5, 0.6) is 0 Å². The highest BCUT2D eigenvalue weighted by atomic mass is 127. The monoisotopic (exact) mass is 523 g/mol. The summed E-state index contributed by atoms with van der Waals surface area (Å²) in [7, 11) is 1.79. The summed E-state index contributed by atoms with van der Waals surface area (Å²) < 4.78 is 2.18. The number of aromatic nitrogens is 2. The van der Waals surface area contributed by atoms with Crippen LogP contribution in [0.2, 0.25) is 10.0 Å². The number of hydrogen-bond acceptors (Lipinski definition) is 2. The van der Waals surface area contributed by atoms with Crippen molar-refractivity contribution >= 4 is 53.1 Å². The zero-order chi connectivity index (χ0) is 18.8. The SMILES string of the molecule is CN=C(NCCCCn1ccnc1C)NCCCc1ccc(Cl)cc1Cl.I. The van der Waals surface area contributed by atoms with Gasteiger partial charge in [-0.1, -0.05) is 29.3 Å². The molecule has 0 bridgehead atoms. The molecule has 2 rings (SSSR count). The van der Waals surface area contributed by atoms with Crippen molar-refractivity contribution in [3.8, 4) is 0 Å². The number of imidazole rings is 1. The van der Waals surface area contributed by atoms with Crippen LogP contribution in [0.4, 0.5) is 0 Å². The van der Waals surface area contributed by atoms with Crippen molar-refractivity contribution in [2.24, 2.45) is 4.99 Å². The van der Waals surface area contributed by atoms with E-state index in [2.05, 4.69) is 25.2 Å². The standard InChI is InChI=1S/C19H27Cl2N5.HI/c1-15-23-11-13-26(15)12-4-3-9-24-19(22-2)25-10-5-6-16-7-8-17(20)14-18(16)21;/h7-8,11,13-14H,3-6,9-10,12H2,1-2H3,(H2,22,24,25);1H. The molecule has 0 fully saturated rings. The fraction of sp³-hybridized carbons (Fsp3) is 0.474. The Bertz CT molecular complexity index is 718. The maximum Gasteiger partial charge on any atom is 0.190 e. The molecule has 0 aliphatic rings. The van der Waals surface area contributed by atoms with E-state index in [1.807, 2.05) is 31.5 Å². The largest absolute Gasteiger partial charge is 0.356 e. The smallest absolute Gasteiger partial charge is 0.190 e. The van der Waals surface area contributed by atoms with E-state index in [1.165, 1.54) is 0 Å². The fourth-order valence-corrected chi connectivity index (χ4v) is 3.19. The van der Waals surface area contributed by atoms with Gasteiger partial charge in [0.2, 0.25) is 0 Å². The average Bonchev–Trinajstić information content (AvgIpc) is 3.03. The number of aryl methyl sites for hydroxylation is 3. The number of benzene rings is 1. The predicted molar refractivity (Wildman–Crippen MR) is 126 cm³/mol. The molecule has 8 heteroatoms. The Kier molecular flexibility index (Phi) is 11.8. The van der Waals surface area contributed by atoms with Gasteiger partial charge in [-0.05, 0) is 50.3 Å². The van der Waals surface area contributed by atoms with Crippen LogP contribution in [-0.2, 0) is 13.0 Å². The van der Waals surface area contributed by atoms with E-state index < -0.39 is 0 Å². The summed E-state index contributed by atoms with van der Waals surface area (Å²) in [6.07, 6.45) is 7.94. The van der Waals surface area contributed by atoms with Crippen LogP contribution in [0.25, 0.3) is 0 Å². The quantitative estimate of drug-likeness (QED) is 0.217. The molecule has 1 heterocycles. The van der Waals surface area contributed by atoms with Gasteiger partial charge in [0.05, 0.1) is 0 Å². The summed E-state index contributed by atoms with van der Waals surface area (Å²) in [5.74, 6) is 1.90. The highest BCUT2D eigenvalue weighted by molar-refractivity contribution is 14.0. The zero-order valence-electron chi connectivity index (χ0n) is 15.8. The summed E-state index contributed by atoms with van der Waals surface area (Å²) >= 11 is 12.1. The van der Waals surface area contributed by atoms with Crippen molar-refractivity contribution in [1.29, 1.82) is 0 Å². The number of guanidine groups is 1. The first kappa shape index (κ1) is 24.0. The maximum atomic E-state index is 6.20. The van der Waals surface area contributed by atoms with Crippen LogP contribution in [0.3, 0.4) is 0 Å². The van der Waals surface area contributed by atoms with Crippen molar-refractivity contribution < 1.29 is 0 Å². The minimum atomic E-state index is 0. The summed E-state index contributed by atoms with van der Waals surface area (Å²) in [6, 6.07) is 5.65. The molecule has 2 N–H and O–H groups in total. The van der Waals surface area contributed by atoms with Gasteiger partial charge in [0, 0.05) is 49.1 Å². The number of hydrogen-bond donors (Lipinski definition) is 2. The molecule has 150 valence electrons. The molecule has 0 aliphatic heterocycles. The van der Waals surface area contributed by atoms with Gasteiger partial charge in [0.15, 0.2) is 5.96 Å². The molecule has 0 saturated carbocycles. The molecule has 0 amide bonds. The van der Waals surface area contributed by atoms with E-state index in [4.69, 9.17) is 23.2 Å². The van der Waals surface area contributed by atoms with E-state index in [0.717, 1.165) is 67.7 Å². The average molecular weight is 524 g/mol. The fourth-order valence-electron chi connectivity index (χ4n) is 2.68. The molecule has 0 unspecified atom stereocenters. The van der Waals surface area contributed by atoms with Gasteiger partial charge < -0.3 is 15.2 Å². The molecule has 1 aromatic heterocycles. The van der Waals surface area contributed by atoms with Gasteiger partial charge >= 0.3 is 0 Å². The third-order valence-electron chi connectivity index (χ3n) is 4.20. The first-order valence-electron chi connectivity index (χ1n) is 8.96. The topological polar surface area (TPSA) is 54.2 Å². The van der Waals surface area contributed by atoms with Crippen molar-refractivity contribution in [2.45, 2.75) is 39.2 Å². The van der Waals surface area contributed by atoms with E-state index >= 15 is 0 Å². The molecule has 0 spiro atoms. The molecular formula is C19H28Cl2IN5. The van der Waals surface area contributed by atoms with E-state index in [-0.39, 0.29) is 24.0 Å². The lowest BCUT2D eigenvalue weighted by atomic mass is 10.1. The Labute approximate surface area is 189 Å². The Morgan fingerprint density at radius 3 is 2.52 bits per heavy atom. The molecular weight excluding hydrogens is 496 g/mol. The lowest BCUT2D eigenvalue weighted by Crippen LogP contribution is -2.38. The molecule has 27 heavy (non-hydrogen) atoms. The number of halogens is 3. The Hall–Kier alpha value is -0.990. The zero-order valence-corrected chi connectivity index (χ0v) is 19.7. The van der Waals surface area contributed by atoms with Gasteiger partial charge in [-0.2, -0.15) is 0 Å². The normalized spacial score (nSPS) is 11.2. The van der Waals surface area contributed by atoms with Crippen LogP contribution in [0.15, 0.2) is 35.6 Å². The van der Waals surface area contributed by atoms with Crippen LogP contribution < -0.4 is 10.6 Å². The maximum absolute atomic E-state index is 6.20. The van der Waals surface area contributed by atoms with Crippen LogP contribution in [0, 0.1) is 6.92 Å². The van der Waals surface area contributed by atoms with E-state index in [9.17, 15) is 0 Å². The molecule has 0 radical (unpaired) electrons. The third kappa shape index (κ3) is 8.70. The predicted octanol–water partition coefficient (Wildman–Crippen LogP) is 4.69. The molecule has 0 aliphatic carbocycles. The number of aliphatic imine (C=N–C) groups is 1. The third-order valence-corrected chi connectivity index (χ3v) is 4.78. The second-order valence-corrected chi connectivity index (χ2v) is 6.98. The highest BCUT2D eigenvalue weighted by Gasteiger charge is 2.02. The summed E-state index contributed by atoms with van der Waals surface area (Å²) in [4.78, 5) is 8.49. The second kappa shape index (κ2) is 13.2. The lowest BCUT2D eigenvalue weighted by Gasteiger charge is -2.12. The summed E-state index contributed by atoms with van der Waals surface area (Å²) in [5.41, 5.74) is 1.12. The van der Waals surface area contributed by atoms with Crippen molar-refractivity contribution in [1.82, 2.24) is 20.2 Å². The Morgan fingerprint density at radius 2 is 1.89 bits per heavy atom.